The van der Waals surface area contributed by atoms with Crippen LogP contribution in [0, 0.1) is 5.92 Å². The largest absolute Gasteiger partial charge is 0.491 e. The number of carbonyl (C=O) groups is 1. The van der Waals surface area contributed by atoms with E-state index >= 15 is 0 Å². The van der Waals surface area contributed by atoms with E-state index in [-0.39, 0.29) is 11.8 Å². The van der Waals surface area contributed by atoms with Crippen LogP contribution in [0.1, 0.15) is 47.4 Å². The molecule has 1 amide bonds. The fourth-order valence-corrected chi connectivity index (χ4v) is 5.79. The van der Waals surface area contributed by atoms with Crippen LogP contribution in [0.4, 0.5) is 0 Å². The summed E-state index contributed by atoms with van der Waals surface area (Å²) in [7, 11) is 0. The lowest BCUT2D eigenvalue weighted by atomic mass is 10.0. The summed E-state index contributed by atoms with van der Waals surface area (Å²) < 4.78 is 12.2. The van der Waals surface area contributed by atoms with E-state index in [9.17, 15) is 4.79 Å². The molecule has 2 atom stereocenters. The zero-order chi connectivity index (χ0) is 25.0. The van der Waals surface area contributed by atoms with Gasteiger partial charge in [-0.25, -0.2) is 0 Å². The number of amides is 1. The predicted molar refractivity (Wildman–Crippen MR) is 144 cm³/mol. The van der Waals surface area contributed by atoms with E-state index in [2.05, 4.69) is 71.6 Å². The van der Waals surface area contributed by atoms with Crippen LogP contribution in [-0.2, 0) is 29.2 Å². The number of hydrogen-bond donors (Lipinski definition) is 0. The monoisotopic (exact) mass is 496 g/mol. The molecule has 3 aromatic carbocycles. The van der Waals surface area contributed by atoms with Crippen LogP contribution in [0.3, 0.4) is 0 Å². The summed E-state index contributed by atoms with van der Waals surface area (Å²) in [6.07, 6.45) is 3.41. The second-order valence-electron chi connectivity index (χ2n) is 10.7. The second kappa shape index (κ2) is 11.1. The van der Waals surface area contributed by atoms with Gasteiger partial charge in [0.05, 0.1) is 19.3 Å². The van der Waals surface area contributed by atoms with Gasteiger partial charge in [-0.1, -0.05) is 66.7 Å². The van der Waals surface area contributed by atoms with Gasteiger partial charge in [0, 0.05) is 37.7 Å². The predicted octanol–water partition coefficient (Wildman–Crippen LogP) is 5.39. The Morgan fingerprint density at radius 3 is 2.43 bits per heavy atom. The summed E-state index contributed by atoms with van der Waals surface area (Å²) in [5.41, 5.74) is 4.93. The Hall–Kier alpha value is -3.15. The van der Waals surface area contributed by atoms with E-state index in [0.29, 0.717) is 38.3 Å². The zero-order valence-electron chi connectivity index (χ0n) is 21.4. The van der Waals surface area contributed by atoms with Gasteiger partial charge >= 0.3 is 0 Å². The Balaban J connectivity index is 1.02. The zero-order valence-corrected chi connectivity index (χ0v) is 21.4. The van der Waals surface area contributed by atoms with Crippen molar-refractivity contribution in [3.63, 3.8) is 0 Å². The number of hydrogen-bond acceptors (Lipinski definition) is 4. The number of carbonyl (C=O) groups excluding carboxylic acids is 1. The summed E-state index contributed by atoms with van der Waals surface area (Å²) in [4.78, 5) is 17.9. The number of likely N-dealkylation sites (tertiary alicyclic amines) is 1. The maximum Gasteiger partial charge on any atom is 0.226 e. The van der Waals surface area contributed by atoms with Crippen molar-refractivity contribution in [3.05, 3.63) is 101 Å². The van der Waals surface area contributed by atoms with Crippen molar-refractivity contribution in [2.24, 2.45) is 5.92 Å². The highest BCUT2D eigenvalue weighted by Gasteiger charge is 2.45. The summed E-state index contributed by atoms with van der Waals surface area (Å²) >= 11 is 0. The van der Waals surface area contributed by atoms with Crippen LogP contribution < -0.4 is 4.74 Å². The van der Waals surface area contributed by atoms with Crippen molar-refractivity contribution >= 4 is 5.91 Å². The Morgan fingerprint density at radius 2 is 1.65 bits per heavy atom. The van der Waals surface area contributed by atoms with Crippen LogP contribution in [0.15, 0.2) is 78.9 Å². The normalized spacial score (nSPS) is 22.1. The molecule has 0 radical (unpaired) electrons. The lowest BCUT2D eigenvalue weighted by Gasteiger charge is -2.32. The minimum atomic E-state index is 0.109. The topological polar surface area (TPSA) is 42.0 Å². The van der Waals surface area contributed by atoms with Gasteiger partial charge in [-0.15, -0.1) is 0 Å². The standard InChI is InChI=1S/C32H36N2O3/c35-32(30-20-29(30)26-9-5-2-6-10-26)34-17-18-36-31-12-11-25(19-27(31)22-34)21-33-15-13-28(14-16-33)37-23-24-7-3-1-4-8-24/h1-12,19,28-30H,13-18,20-23H2/t29-,30+/m0/s1. The first-order chi connectivity index (χ1) is 18.2. The van der Waals surface area contributed by atoms with Crippen molar-refractivity contribution in [1.82, 2.24) is 9.80 Å². The third-order valence-corrected chi connectivity index (χ3v) is 8.02. The summed E-state index contributed by atoms with van der Waals surface area (Å²) in [5.74, 6) is 1.66. The lowest BCUT2D eigenvalue weighted by molar-refractivity contribution is -0.133. The van der Waals surface area contributed by atoms with Gasteiger partial charge in [-0.05, 0) is 54.0 Å². The molecule has 1 saturated carbocycles. The van der Waals surface area contributed by atoms with E-state index in [4.69, 9.17) is 9.47 Å². The van der Waals surface area contributed by atoms with E-state index in [1.807, 2.05) is 17.0 Å². The molecule has 0 N–H and O–H groups in total. The average molecular weight is 497 g/mol. The molecule has 2 heterocycles. The van der Waals surface area contributed by atoms with Crippen LogP contribution >= 0.6 is 0 Å². The molecule has 0 bridgehead atoms. The molecule has 6 rings (SSSR count). The number of piperidine rings is 1. The molecule has 1 saturated heterocycles. The Labute approximate surface area is 220 Å². The number of rotatable bonds is 7. The molecule has 3 aromatic rings. The van der Waals surface area contributed by atoms with Gasteiger partial charge < -0.3 is 14.4 Å². The molecule has 3 aliphatic rings. The first-order valence-electron chi connectivity index (χ1n) is 13.7. The fourth-order valence-electron chi connectivity index (χ4n) is 5.79. The van der Waals surface area contributed by atoms with E-state index in [1.54, 1.807) is 0 Å². The molecule has 1 aliphatic carbocycles. The number of benzene rings is 3. The minimum Gasteiger partial charge on any atom is -0.491 e. The minimum absolute atomic E-state index is 0.109. The van der Waals surface area contributed by atoms with Crippen molar-refractivity contribution in [3.8, 4) is 5.75 Å². The molecule has 0 aromatic heterocycles. The van der Waals surface area contributed by atoms with Crippen molar-refractivity contribution < 1.29 is 14.3 Å². The molecular formula is C32H36N2O3. The Kier molecular flexibility index (Phi) is 7.25. The van der Waals surface area contributed by atoms with Gasteiger partial charge in [-0.2, -0.15) is 0 Å². The molecule has 5 heteroatoms. The summed E-state index contributed by atoms with van der Waals surface area (Å²) in [5, 5.41) is 0. The van der Waals surface area contributed by atoms with E-state index in [1.165, 1.54) is 16.7 Å². The fraction of sp³-hybridized carbons (Fsp3) is 0.406. The highest BCUT2D eigenvalue weighted by Crippen LogP contribution is 2.48. The van der Waals surface area contributed by atoms with Crippen molar-refractivity contribution in [1.29, 1.82) is 0 Å². The molecule has 0 unspecified atom stereocenters. The second-order valence-corrected chi connectivity index (χ2v) is 10.7. The first kappa shape index (κ1) is 24.2. The third kappa shape index (κ3) is 5.89. The smallest absolute Gasteiger partial charge is 0.226 e. The number of nitrogens with zero attached hydrogens (tertiary/aromatic N) is 2. The van der Waals surface area contributed by atoms with Crippen LogP contribution in [0.2, 0.25) is 0 Å². The summed E-state index contributed by atoms with van der Waals surface area (Å²) in [6.45, 7) is 5.54. The summed E-state index contributed by atoms with van der Waals surface area (Å²) in [6, 6.07) is 27.4. The van der Waals surface area contributed by atoms with Crippen molar-refractivity contribution in [2.75, 3.05) is 26.2 Å². The van der Waals surface area contributed by atoms with Crippen molar-refractivity contribution in [2.45, 2.75) is 51.0 Å². The SMILES string of the molecule is O=C([C@@H]1C[C@H]1c1ccccc1)N1CCOc2ccc(CN3CCC(OCc4ccccc4)CC3)cc2C1. The molecule has 5 nitrogen and oxygen atoms in total. The molecule has 192 valence electrons. The molecule has 2 fully saturated rings. The van der Waals surface area contributed by atoms with Crippen LogP contribution in [0.5, 0.6) is 5.75 Å². The Morgan fingerprint density at radius 1 is 0.892 bits per heavy atom. The number of fused-ring (bicyclic) bond motifs is 1. The quantitative estimate of drug-likeness (QED) is 0.440. The lowest BCUT2D eigenvalue weighted by Crippen LogP contribution is -2.36. The maximum atomic E-state index is 13.3. The highest BCUT2D eigenvalue weighted by molar-refractivity contribution is 5.83. The van der Waals surface area contributed by atoms with Gasteiger partial charge in [-0.3, -0.25) is 9.69 Å². The molecule has 2 aliphatic heterocycles. The van der Waals surface area contributed by atoms with E-state index in [0.717, 1.165) is 50.2 Å². The van der Waals surface area contributed by atoms with Gasteiger partial charge in [0.25, 0.3) is 0 Å². The molecule has 37 heavy (non-hydrogen) atoms. The Bertz CT molecular complexity index is 1190. The maximum absolute atomic E-state index is 13.3. The average Bonchev–Trinajstić information content (AvgIpc) is 3.77. The van der Waals surface area contributed by atoms with Gasteiger partial charge in [0.15, 0.2) is 0 Å². The third-order valence-electron chi connectivity index (χ3n) is 8.02. The van der Waals surface area contributed by atoms with Gasteiger partial charge in [0.2, 0.25) is 5.91 Å². The van der Waals surface area contributed by atoms with E-state index < -0.39 is 0 Å². The van der Waals surface area contributed by atoms with Crippen LogP contribution in [-0.4, -0.2) is 48.1 Å². The number of ether oxygens (including phenoxy) is 2. The van der Waals surface area contributed by atoms with Crippen LogP contribution in [0.25, 0.3) is 0 Å². The molecular weight excluding hydrogens is 460 g/mol. The first-order valence-corrected chi connectivity index (χ1v) is 13.7. The van der Waals surface area contributed by atoms with Gasteiger partial charge in [0.1, 0.15) is 12.4 Å². The highest BCUT2D eigenvalue weighted by atomic mass is 16.5. The molecule has 0 spiro atoms.